The van der Waals surface area contributed by atoms with Gasteiger partial charge in [0.25, 0.3) is 11.8 Å². The number of carbonyl (C=O) groups excluding carboxylic acids is 2. The summed E-state index contributed by atoms with van der Waals surface area (Å²) in [6.45, 7) is 10.6. The summed E-state index contributed by atoms with van der Waals surface area (Å²) < 4.78 is 0. The first-order chi connectivity index (χ1) is 13.4. The predicted molar refractivity (Wildman–Crippen MR) is 113 cm³/mol. The van der Waals surface area contributed by atoms with Crippen molar-refractivity contribution in [3.05, 3.63) is 51.0 Å². The molecular formula is C22H29N3O2S. The van der Waals surface area contributed by atoms with Gasteiger partial charge in [-0.1, -0.05) is 32.9 Å². The van der Waals surface area contributed by atoms with Crippen LogP contribution in [0.15, 0.2) is 24.3 Å². The third-order valence-corrected chi connectivity index (χ3v) is 6.38. The highest BCUT2D eigenvalue weighted by Crippen LogP contribution is 2.22. The molecule has 1 aromatic heterocycles. The molecule has 2 heterocycles. The molecule has 1 aromatic carbocycles. The normalized spacial score (nSPS) is 14.6. The van der Waals surface area contributed by atoms with Crippen LogP contribution in [-0.2, 0) is 6.42 Å². The van der Waals surface area contributed by atoms with E-state index in [0.29, 0.717) is 37.7 Å². The van der Waals surface area contributed by atoms with Crippen LogP contribution in [0.25, 0.3) is 0 Å². The Morgan fingerprint density at radius 3 is 2.14 bits per heavy atom. The van der Waals surface area contributed by atoms with E-state index in [-0.39, 0.29) is 11.8 Å². The van der Waals surface area contributed by atoms with E-state index in [2.05, 4.69) is 25.8 Å². The Balaban J connectivity index is 1.60. The molecule has 150 valence electrons. The van der Waals surface area contributed by atoms with Crippen LogP contribution in [0.5, 0.6) is 0 Å². The van der Waals surface area contributed by atoms with Gasteiger partial charge >= 0.3 is 0 Å². The Labute approximate surface area is 171 Å². The molecule has 1 aliphatic rings. The maximum atomic E-state index is 12.9. The SMILES string of the molecule is CCCc1nc(C)c(C(=O)N2CCN(C(=O)c3ccc(C(C)C)cc3)CC2)s1. The Kier molecular flexibility index (Phi) is 6.50. The minimum absolute atomic E-state index is 0.0432. The zero-order valence-electron chi connectivity index (χ0n) is 17.2. The highest BCUT2D eigenvalue weighted by Gasteiger charge is 2.27. The van der Waals surface area contributed by atoms with Gasteiger partial charge in [0, 0.05) is 31.7 Å². The number of hydrogen-bond acceptors (Lipinski definition) is 4. The molecule has 3 rings (SSSR count). The van der Waals surface area contributed by atoms with E-state index in [9.17, 15) is 9.59 Å². The number of aromatic nitrogens is 1. The van der Waals surface area contributed by atoms with Gasteiger partial charge in [0.1, 0.15) is 4.88 Å². The van der Waals surface area contributed by atoms with Gasteiger partial charge in [-0.3, -0.25) is 9.59 Å². The lowest BCUT2D eigenvalue weighted by atomic mass is 10.0. The molecule has 0 N–H and O–H groups in total. The highest BCUT2D eigenvalue weighted by molar-refractivity contribution is 7.13. The first-order valence-electron chi connectivity index (χ1n) is 10.1. The van der Waals surface area contributed by atoms with Crippen molar-refractivity contribution in [3.8, 4) is 0 Å². The molecule has 0 atom stereocenters. The molecule has 0 radical (unpaired) electrons. The fourth-order valence-corrected chi connectivity index (χ4v) is 4.56. The van der Waals surface area contributed by atoms with Crippen molar-refractivity contribution in [2.45, 2.75) is 46.5 Å². The van der Waals surface area contributed by atoms with Crippen LogP contribution in [0.2, 0.25) is 0 Å². The number of amides is 2. The molecule has 0 saturated carbocycles. The van der Waals surface area contributed by atoms with Gasteiger partial charge in [-0.2, -0.15) is 0 Å². The fourth-order valence-electron chi connectivity index (χ4n) is 3.42. The Hall–Kier alpha value is -2.21. The van der Waals surface area contributed by atoms with E-state index in [1.54, 1.807) is 0 Å². The number of piperazine rings is 1. The molecule has 0 spiro atoms. The van der Waals surface area contributed by atoms with Crippen molar-refractivity contribution in [2.24, 2.45) is 0 Å². The van der Waals surface area contributed by atoms with Crippen molar-refractivity contribution < 1.29 is 9.59 Å². The van der Waals surface area contributed by atoms with E-state index in [1.807, 2.05) is 41.0 Å². The van der Waals surface area contributed by atoms with Crippen molar-refractivity contribution in [3.63, 3.8) is 0 Å². The topological polar surface area (TPSA) is 53.5 Å². The minimum Gasteiger partial charge on any atom is -0.335 e. The van der Waals surface area contributed by atoms with Crippen LogP contribution in [0.1, 0.15) is 69.4 Å². The molecule has 5 nitrogen and oxygen atoms in total. The quantitative estimate of drug-likeness (QED) is 0.760. The summed E-state index contributed by atoms with van der Waals surface area (Å²) in [5.74, 6) is 0.541. The standard InChI is InChI=1S/C22H29N3O2S/c1-5-6-19-23-16(4)20(28-19)22(27)25-13-11-24(12-14-25)21(26)18-9-7-17(8-10-18)15(2)3/h7-10,15H,5-6,11-14H2,1-4H3. The average molecular weight is 400 g/mol. The van der Waals surface area contributed by atoms with E-state index in [1.165, 1.54) is 16.9 Å². The lowest BCUT2D eigenvalue weighted by Gasteiger charge is -2.34. The zero-order chi connectivity index (χ0) is 20.3. The molecule has 0 unspecified atom stereocenters. The van der Waals surface area contributed by atoms with Crippen LogP contribution in [0, 0.1) is 6.92 Å². The van der Waals surface area contributed by atoms with E-state index in [0.717, 1.165) is 28.4 Å². The van der Waals surface area contributed by atoms with Gasteiger partial charge in [-0.15, -0.1) is 11.3 Å². The molecular weight excluding hydrogens is 370 g/mol. The Bertz CT molecular complexity index is 834. The van der Waals surface area contributed by atoms with Gasteiger partial charge in [0.15, 0.2) is 0 Å². The third kappa shape index (κ3) is 4.43. The summed E-state index contributed by atoms with van der Waals surface area (Å²) in [6, 6.07) is 7.87. The second-order valence-corrected chi connectivity index (χ2v) is 8.72. The molecule has 0 aliphatic carbocycles. The van der Waals surface area contributed by atoms with E-state index in [4.69, 9.17) is 0 Å². The summed E-state index contributed by atoms with van der Waals surface area (Å²) >= 11 is 1.51. The first kappa shape index (κ1) is 20.5. The third-order valence-electron chi connectivity index (χ3n) is 5.18. The highest BCUT2D eigenvalue weighted by atomic mass is 32.1. The second-order valence-electron chi connectivity index (χ2n) is 7.63. The van der Waals surface area contributed by atoms with Crippen molar-refractivity contribution in [1.82, 2.24) is 14.8 Å². The maximum Gasteiger partial charge on any atom is 0.265 e. The van der Waals surface area contributed by atoms with Crippen molar-refractivity contribution in [2.75, 3.05) is 26.2 Å². The van der Waals surface area contributed by atoms with Gasteiger partial charge in [-0.05, 0) is 43.4 Å². The molecule has 2 amide bonds. The fraction of sp³-hybridized carbons (Fsp3) is 0.500. The molecule has 6 heteroatoms. The van der Waals surface area contributed by atoms with Crippen LogP contribution in [0.4, 0.5) is 0 Å². The lowest BCUT2D eigenvalue weighted by Crippen LogP contribution is -2.50. The summed E-state index contributed by atoms with van der Waals surface area (Å²) in [7, 11) is 0. The summed E-state index contributed by atoms with van der Waals surface area (Å²) in [5.41, 5.74) is 2.77. The molecule has 1 saturated heterocycles. The molecule has 28 heavy (non-hydrogen) atoms. The van der Waals surface area contributed by atoms with Crippen LogP contribution < -0.4 is 0 Å². The number of rotatable bonds is 5. The monoisotopic (exact) mass is 399 g/mol. The number of hydrogen-bond donors (Lipinski definition) is 0. The summed E-state index contributed by atoms with van der Waals surface area (Å²) in [4.78, 5) is 34.6. The number of nitrogens with zero attached hydrogens (tertiary/aromatic N) is 3. The van der Waals surface area contributed by atoms with Gasteiger partial charge in [-0.25, -0.2) is 4.98 Å². The summed E-state index contributed by atoms with van der Waals surface area (Å²) in [5, 5.41) is 1.03. The number of aryl methyl sites for hydroxylation is 2. The molecule has 1 aliphatic heterocycles. The molecule has 2 aromatic rings. The summed E-state index contributed by atoms with van der Waals surface area (Å²) in [6.07, 6.45) is 1.94. The van der Waals surface area contributed by atoms with Crippen LogP contribution >= 0.6 is 11.3 Å². The Morgan fingerprint density at radius 1 is 1.04 bits per heavy atom. The number of thiazole rings is 1. The van der Waals surface area contributed by atoms with E-state index >= 15 is 0 Å². The van der Waals surface area contributed by atoms with Crippen LogP contribution in [0.3, 0.4) is 0 Å². The number of benzene rings is 1. The largest absolute Gasteiger partial charge is 0.335 e. The Morgan fingerprint density at radius 2 is 1.61 bits per heavy atom. The average Bonchev–Trinajstić information content (AvgIpc) is 3.07. The minimum atomic E-state index is 0.0432. The van der Waals surface area contributed by atoms with Crippen molar-refractivity contribution >= 4 is 23.2 Å². The van der Waals surface area contributed by atoms with Crippen LogP contribution in [-0.4, -0.2) is 52.8 Å². The van der Waals surface area contributed by atoms with Crippen molar-refractivity contribution in [1.29, 1.82) is 0 Å². The van der Waals surface area contributed by atoms with E-state index < -0.39 is 0 Å². The molecule has 0 bridgehead atoms. The lowest BCUT2D eigenvalue weighted by molar-refractivity contribution is 0.0537. The van der Waals surface area contributed by atoms with Gasteiger partial charge < -0.3 is 9.80 Å². The van der Waals surface area contributed by atoms with Gasteiger partial charge in [0.2, 0.25) is 0 Å². The maximum absolute atomic E-state index is 12.9. The number of carbonyl (C=O) groups is 2. The zero-order valence-corrected chi connectivity index (χ0v) is 18.0. The smallest absolute Gasteiger partial charge is 0.265 e. The second kappa shape index (κ2) is 8.86. The van der Waals surface area contributed by atoms with Gasteiger partial charge in [0.05, 0.1) is 10.7 Å². The predicted octanol–water partition coefficient (Wildman–Crippen LogP) is 4.13. The first-order valence-corrected chi connectivity index (χ1v) is 10.9. The molecule has 1 fully saturated rings.